The number of rotatable bonds is 2. The van der Waals surface area contributed by atoms with Crippen LogP contribution in [0.25, 0.3) is 0 Å². The lowest BCUT2D eigenvalue weighted by molar-refractivity contribution is 0.307. The first kappa shape index (κ1) is 11.1. The second-order valence-electron chi connectivity index (χ2n) is 3.96. The highest BCUT2D eigenvalue weighted by atomic mass is 35.5. The van der Waals surface area contributed by atoms with Gasteiger partial charge in [-0.1, -0.05) is 23.2 Å². The fraction of sp³-hybridized carbons (Fsp3) is 0.600. The van der Waals surface area contributed by atoms with Crippen LogP contribution in [-0.2, 0) is 6.42 Å². The van der Waals surface area contributed by atoms with Gasteiger partial charge in [-0.25, -0.2) is 0 Å². The van der Waals surface area contributed by atoms with Gasteiger partial charge in [0.15, 0.2) is 5.15 Å². The van der Waals surface area contributed by atoms with Crippen molar-refractivity contribution in [1.29, 1.82) is 0 Å². The lowest BCUT2D eigenvalue weighted by Gasteiger charge is -2.18. The normalized spacial score (nSPS) is 22.2. The minimum Gasteiger partial charge on any atom is -0.303 e. The summed E-state index contributed by atoms with van der Waals surface area (Å²) in [4.78, 5) is 2.35. The maximum Gasteiger partial charge on any atom is 0.170 e. The van der Waals surface area contributed by atoms with E-state index in [1.807, 2.05) is 6.07 Å². The summed E-state index contributed by atoms with van der Waals surface area (Å²) < 4.78 is 0. The average molecular weight is 246 g/mol. The Bertz CT molecular complexity index is 357. The van der Waals surface area contributed by atoms with E-state index in [2.05, 4.69) is 22.1 Å². The van der Waals surface area contributed by atoms with Gasteiger partial charge in [-0.05, 0) is 32.5 Å². The second-order valence-corrected chi connectivity index (χ2v) is 4.72. The van der Waals surface area contributed by atoms with Gasteiger partial charge in [0.25, 0.3) is 0 Å². The highest BCUT2D eigenvalue weighted by Gasteiger charge is 2.21. The van der Waals surface area contributed by atoms with E-state index >= 15 is 0 Å². The molecular formula is C10H13Cl2N3. The van der Waals surface area contributed by atoms with E-state index in [1.54, 1.807) is 0 Å². The molecule has 0 aliphatic carbocycles. The van der Waals surface area contributed by atoms with Crippen molar-refractivity contribution in [2.75, 3.05) is 13.6 Å². The predicted molar refractivity (Wildman–Crippen MR) is 61.4 cm³/mol. The quantitative estimate of drug-likeness (QED) is 0.802. The molecule has 0 aromatic carbocycles. The Labute approximate surface area is 99.4 Å². The fourth-order valence-corrected chi connectivity index (χ4v) is 2.23. The summed E-state index contributed by atoms with van der Waals surface area (Å²) in [6.07, 6.45) is 3.38. The molecular weight excluding hydrogens is 233 g/mol. The summed E-state index contributed by atoms with van der Waals surface area (Å²) in [5.74, 6) is 0. The molecule has 1 aromatic heterocycles. The van der Waals surface area contributed by atoms with Gasteiger partial charge in [0.05, 0.1) is 10.7 Å². The van der Waals surface area contributed by atoms with Crippen LogP contribution in [0.1, 0.15) is 18.5 Å². The van der Waals surface area contributed by atoms with Gasteiger partial charge in [-0.2, -0.15) is 5.10 Å². The fourth-order valence-electron chi connectivity index (χ4n) is 1.97. The van der Waals surface area contributed by atoms with Gasteiger partial charge < -0.3 is 4.90 Å². The van der Waals surface area contributed by atoms with Crippen LogP contribution in [0.4, 0.5) is 0 Å². The third kappa shape index (κ3) is 2.60. The van der Waals surface area contributed by atoms with E-state index in [4.69, 9.17) is 23.2 Å². The Morgan fingerprint density at radius 1 is 1.47 bits per heavy atom. The summed E-state index contributed by atoms with van der Waals surface area (Å²) in [5.41, 5.74) is 0.920. The molecule has 82 valence electrons. The molecule has 0 spiro atoms. The molecule has 1 fully saturated rings. The molecule has 1 aliphatic heterocycles. The largest absolute Gasteiger partial charge is 0.303 e. The first-order chi connectivity index (χ1) is 7.16. The first-order valence-corrected chi connectivity index (χ1v) is 5.80. The van der Waals surface area contributed by atoms with E-state index in [1.165, 1.54) is 19.4 Å². The molecule has 0 saturated carbocycles. The van der Waals surface area contributed by atoms with Crippen LogP contribution in [0.15, 0.2) is 6.07 Å². The van der Waals surface area contributed by atoms with Crippen LogP contribution in [-0.4, -0.2) is 34.7 Å². The maximum absolute atomic E-state index is 5.89. The number of halogens is 2. The third-order valence-corrected chi connectivity index (χ3v) is 3.54. The predicted octanol–water partition coefficient (Wildman–Crippen LogP) is 2.42. The second kappa shape index (κ2) is 4.64. The van der Waals surface area contributed by atoms with E-state index < -0.39 is 0 Å². The summed E-state index contributed by atoms with van der Waals surface area (Å²) in [5, 5.41) is 8.62. The highest BCUT2D eigenvalue weighted by Crippen LogP contribution is 2.22. The molecule has 2 heterocycles. The lowest BCUT2D eigenvalue weighted by Crippen LogP contribution is -2.27. The number of likely N-dealkylation sites (tertiary alicyclic amines) is 1. The summed E-state index contributed by atoms with van der Waals surface area (Å²) >= 11 is 11.6. The van der Waals surface area contributed by atoms with Gasteiger partial charge in [0, 0.05) is 12.5 Å². The van der Waals surface area contributed by atoms with Crippen molar-refractivity contribution in [3.63, 3.8) is 0 Å². The molecule has 1 atom stereocenters. The molecule has 5 heteroatoms. The number of hydrogen-bond acceptors (Lipinski definition) is 3. The molecule has 0 N–H and O–H groups in total. The van der Waals surface area contributed by atoms with Crippen LogP contribution in [0.2, 0.25) is 10.2 Å². The Hall–Kier alpha value is -0.380. The molecule has 0 radical (unpaired) electrons. The van der Waals surface area contributed by atoms with E-state index in [9.17, 15) is 0 Å². The van der Waals surface area contributed by atoms with Crippen LogP contribution in [0.3, 0.4) is 0 Å². The van der Waals surface area contributed by atoms with Crippen LogP contribution < -0.4 is 0 Å². The molecule has 3 nitrogen and oxygen atoms in total. The van der Waals surface area contributed by atoms with Crippen molar-refractivity contribution < 1.29 is 0 Å². The summed E-state index contributed by atoms with van der Waals surface area (Å²) in [6, 6.07) is 2.37. The monoisotopic (exact) mass is 245 g/mol. The molecule has 1 saturated heterocycles. The lowest BCUT2D eigenvalue weighted by atomic mass is 10.1. The average Bonchev–Trinajstić information content (AvgIpc) is 2.59. The Morgan fingerprint density at radius 2 is 2.27 bits per heavy atom. The zero-order valence-electron chi connectivity index (χ0n) is 8.58. The van der Waals surface area contributed by atoms with Crippen LogP contribution in [0.5, 0.6) is 0 Å². The zero-order valence-corrected chi connectivity index (χ0v) is 10.1. The number of likely N-dealkylation sites (N-methyl/N-ethyl adjacent to an activating group) is 1. The maximum atomic E-state index is 5.89. The van der Waals surface area contributed by atoms with Crippen molar-refractivity contribution in [3.8, 4) is 0 Å². The number of nitrogens with zero attached hydrogens (tertiary/aromatic N) is 3. The van der Waals surface area contributed by atoms with Gasteiger partial charge in [0.2, 0.25) is 0 Å². The van der Waals surface area contributed by atoms with Gasteiger partial charge >= 0.3 is 0 Å². The standard InChI is InChI=1S/C10H13Cl2N3/c1-15-4-2-3-8(15)5-7-6-9(11)10(12)14-13-7/h6,8H,2-5H2,1H3. The molecule has 0 bridgehead atoms. The van der Waals surface area contributed by atoms with Crippen LogP contribution >= 0.6 is 23.2 Å². The summed E-state index contributed by atoms with van der Waals surface area (Å²) in [7, 11) is 2.14. The molecule has 0 amide bonds. The molecule has 1 aromatic rings. The smallest absolute Gasteiger partial charge is 0.170 e. The molecule has 15 heavy (non-hydrogen) atoms. The third-order valence-electron chi connectivity index (χ3n) is 2.87. The van der Waals surface area contributed by atoms with Crippen LogP contribution in [0, 0.1) is 0 Å². The highest BCUT2D eigenvalue weighted by molar-refractivity contribution is 6.41. The summed E-state index contributed by atoms with van der Waals surface area (Å²) in [6.45, 7) is 1.17. The Morgan fingerprint density at radius 3 is 2.87 bits per heavy atom. The Balaban J connectivity index is 2.07. The Kier molecular flexibility index (Phi) is 3.44. The molecule has 2 rings (SSSR count). The van der Waals surface area contributed by atoms with Crippen molar-refractivity contribution in [3.05, 3.63) is 21.9 Å². The number of aromatic nitrogens is 2. The van der Waals surface area contributed by atoms with Crippen molar-refractivity contribution >= 4 is 23.2 Å². The van der Waals surface area contributed by atoms with Gasteiger partial charge in [-0.3, -0.25) is 0 Å². The topological polar surface area (TPSA) is 29.0 Å². The van der Waals surface area contributed by atoms with Gasteiger partial charge in [0.1, 0.15) is 0 Å². The zero-order chi connectivity index (χ0) is 10.8. The van der Waals surface area contributed by atoms with E-state index in [0.717, 1.165) is 12.1 Å². The molecule has 1 unspecified atom stereocenters. The van der Waals surface area contributed by atoms with Crippen molar-refractivity contribution in [1.82, 2.24) is 15.1 Å². The first-order valence-electron chi connectivity index (χ1n) is 5.04. The van der Waals surface area contributed by atoms with E-state index in [0.29, 0.717) is 11.1 Å². The molecule has 1 aliphatic rings. The van der Waals surface area contributed by atoms with Crippen molar-refractivity contribution in [2.45, 2.75) is 25.3 Å². The number of hydrogen-bond donors (Lipinski definition) is 0. The van der Waals surface area contributed by atoms with Gasteiger partial charge in [-0.15, -0.1) is 5.10 Å². The minimum atomic E-state index is 0.278. The minimum absolute atomic E-state index is 0.278. The van der Waals surface area contributed by atoms with E-state index in [-0.39, 0.29) is 5.15 Å². The van der Waals surface area contributed by atoms with Crippen molar-refractivity contribution in [2.24, 2.45) is 0 Å². The SMILES string of the molecule is CN1CCCC1Cc1cc(Cl)c(Cl)nn1.